The SMILES string of the molecule is Cn1ccnc1C(=O)c1ccc(Br)c(N)c1. The standard InChI is InChI=1S/C11H10BrN3O/c1-15-5-4-14-11(15)10(16)7-2-3-8(12)9(13)6-7/h2-6H,13H2,1H3. The molecule has 82 valence electrons. The van der Waals surface area contributed by atoms with Gasteiger partial charge in [0.1, 0.15) is 0 Å². The average molecular weight is 280 g/mol. The van der Waals surface area contributed by atoms with Gasteiger partial charge in [-0.05, 0) is 34.1 Å². The normalized spacial score (nSPS) is 10.4. The highest BCUT2D eigenvalue weighted by Crippen LogP contribution is 2.21. The second-order valence-corrected chi connectivity index (χ2v) is 4.28. The van der Waals surface area contributed by atoms with Crippen LogP contribution < -0.4 is 5.73 Å². The molecule has 1 aromatic carbocycles. The van der Waals surface area contributed by atoms with Gasteiger partial charge in [-0.25, -0.2) is 4.98 Å². The number of halogens is 1. The molecule has 0 aliphatic heterocycles. The molecule has 16 heavy (non-hydrogen) atoms. The first-order valence-electron chi connectivity index (χ1n) is 4.66. The number of rotatable bonds is 2. The summed E-state index contributed by atoms with van der Waals surface area (Å²) in [6, 6.07) is 5.12. The summed E-state index contributed by atoms with van der Waals surface area (Å²) >= 11 is 3.28. The molecular weight excluding hydrogens is 270 g/mol. The van der Waals surface area contributed by atoms with Gasteiger partial charge in [-0.1, -0.05) is 0 Å². The molecule has 0 bridgehead atoms. The minimum absolute atomic E-state index is 0.133. The van der Waals surface area contributed by atoms with Crippen LogP contribution in [0.15, 0.2) is 35.1 Å². The van der Waals surface area contributed by atoms with Crippen LogP contribution in [0, 0.1) is 0 Å². The van der Waals surface area contributed by atoms with E-state index >= 15 is 0 Å². The molecule has 1 heterocycles. The van der Waals surface area contributed by atoms with Gasteiger partial charge in [-0.15, -0.1) is 0 Å². The predicted octanol–water partition coefficient (Wildman–Crippen LogP) is 2.00. The molecule has 0 aliphatic rings. The molecule has 0 atom stereocenters. The van der Waals surface area contributed by atoms with Gasteiger partial charge < -0.3 is 10.3 Å². The number of aromatic nitrogens is 2. The van der Waals surface area contributed by atoms with Crippen molar-refractivity contribution in [2.24, 2.45) is 7.05 Å². The summed E-state index contributed by atoms with van der Waals surface area (Å²) in [5.74, 6) is 0.272. The van der Waals surface area contributed by atoms with E-state index in [1.54, 1.807) is 42.2 Å². The van der Waals surface area contributed by atoms with Gasteiger partial charge in [0.15, 0.2) is 5.82 Å². The van der Waals surface area contributed by atoms with E-state index in [1.807, 2.05) is 0 Å². The zero-order valence-corrected chi connectivity index (χ0v) is 10.2. The number of ketones is 1. The molecule has 0 amide bonds. The zero-order chi connectivity index (χ0) is 11.7. The van der Waals surface area contributed by atoms with Crippen molar-refractivity contribution in [1.29, 1.82) is 0 Å². The third kappa shape index (κ3) is 1.86. The second kappa shape index (κ2) is 4.09. The lowest BCUT2D eigenvalue weighted by atomic mass is 10.1. The lowest BCUT2D eigenvalue weighted by Crippen LogP contribution is -2.09. The highest BCUT2D eigenvalue weighted by molar-refractivity contribution is 9.10. The molecule has 0 saturated heterocycles. The molecule has 4 nitrogen and oxygen atoms in total. The summed E-state index contributed by atoms with van der Waals surface area (Å²) in [5, 5.41) is 0. The van der Waals surface area contributed by atoms with Crippen molar-refractivity contribution in [2.45, 2.75) is 0 Å². The summed E-state index contributed by atoms with van der Waals surface area (Å²) in [4.78, 5) is 16.0. The maximum absolute atomic E-state index is 12.0. The third-order valence-electron chi connectivity index (χ3n) is 2.28. The van der Waals surface area contributed by atoms with Crippen molar-refractivity contribution in [2.75, 3.05) is 5.73 Å². The zero-order valence-electron chi connectivity index (χ0n) is 8.64. The quantitative estimate of drug-likeness (QED) is 0.676. The Morgan fingerprint density at radius 2 is 2.25 bits per heavy atom. The summed E-state index contributed by atoms with van der Waals surface area (Å²) in [7, 11) is 1.78. The Labute approximate surface area is 101 Å². The van der Waals surface area contributed by atoms with Crippen LogP contribution in [-0.4, -0.2) is 15.3 Å². The van der Waals surface area contributed by atoms with Crippen molar-refractivity contribution in [1.82, 2.24) is 9.55 Å². The van der Waals surface area contributed by atoms with Gasteiger partial charge in [-0.2, -0.15) is 0 Å². The Bertz CT molecular complexity index is 548. The maximum atomic E-state index is 12.0. The van der Waals surface area contributed by atoms with Crippen molar-refractivity contribution in [3.63, 3.8) is 0 Å². The van der Waals surface area contributed by atoms with E-state index in [1.165, 1.54) is 0 Å². The molecule has 0 fully saturated rings. The number of benzene rings is 1. The van der Waals surface area contributed by atoms with Crippen LogP contribution in [0.3, 0.4) is 0 Å². The topological polar surface area (TPSA) is 60.9 Å². The second-order valence-electron chi connectivity index (χ2n) is 3.43. The van der Waals surface area contributed by atoms with Crippen molar-refractivity contribution < 1.29 is 4.79 Å². The number of anilines is 1. The fourth-order valence-electron chi connectivity index (χ4n) is 1.40. The summed E-state index contributed by atoms with van der Waals surface area (Å²) in [5.41, 5.74) is 6.80. The lowest BCUT2D eigenvalue weighted by Gasteiger charge is -2.03. The molecule has 2 aromatic rings. The summed E-state index contributed by atoms with van der Waals surface area (Å²) < 4.78 is 2.46. The Kier molecular flexibility index (Phi) is 2.78. The van der Waals surface area contributed by atoms with Crippen LogP contribution >= 0.6 is 15.9 Å². The van der Waals surface area contributed by atoms with Gasteiger partial charge in [0, 0.05) is 35.2 Å². The summed E-state index contributed by atoms with van der Waals surface area (Å²) in [6.45, 7) is 0. The van der Waals surface area contributed by atoms with Gasteiger partial charge in [-0.3, -0.25) is 4.79 Å². The molecule has 1 aromatic heterocycles. The Morgan fingerprint density at radius 1 is 1.50 bits per heavy atom. The molecule has 0 unspecified atom stereocenters. The number of carbonyl (C=O) groups excluding carboxylic acids is 1. The highest BCUT2D eigenvalue weighted by Gasteiger charge is 2.14. The molecule has 0 saturated carbocycles. The van der Waals surface area contributed by atoms with Gasteiger partial charge in [0.25, 0.3) is 0 Å². The molecule has 2 rings (SSSR count). The van der Waals surface area contributed by atoms with Crippen molar-refractivity contribution >= 4 is 27.4 Å². The van der Waals surface area contributed by atoms with Gasteiger partial charge in [0.2, 0.25) is 5.78 Å². The number of imidazole rings is 1. The Morgan fingerprint density at radius 3 is 2.81 bits per heavy atom. The first-order chi connectivity index (χ1) is 7.59. The minimum atomic E-state index is -0.133. The van der Waals surface area contributed by atoms with Crippen molar-refractivity contribution in [3.8, 4) is 0 Å². The number of hydrogen-bond donors (Lipinski definition) is 1. The van der Waals surface area contributed by atoms with E-state index in [4.69, 9.17) is 5.73 Å². The first kappa shape index (κ1) is 10.9. The molecule has 0 aliphatic carbocycles. The number of carbonyl (C=O) groups is 1. The van der Waals surface area contributed by atoms with Crippen LogP contribution in [-0.2, 0) is 7.05 Å². The molecule has 5 heteroatoms. The lowest BCUT2D eigenvalue weighted by molar-refractivity contribution is 0.102. The molecule has 2 N–H and O–H groups in total. The van der Waals surface area contributed by atoms with E-state index < -0.39 is 0 Å². The van der Waals surface area contributed by atoms with E-state index in [0.717, 1.165) is 4.47 Å². The van der Waals surface area contributed by atoms with Crippen LogP contribution in [0.25, 0.3) is 0 Å². The smallest absolute Gasteiger partial charge is 0.228 e. The average Bonchev–Trinajstić information content (AvgIpc) is 2.67. The van der Waals surface area contributed by atoms with Crippen molar-refractivity contribution in [3.05, 3.63) is 46.5 Å². The van der Waals surface area contributed by atoms with E-state index in [9.17, 15) is 4.79 Å². The number of aryl methyl sites for hydroxylation is 1. The van der Waals surface area contributed by atoms with E-state index in [0.29, 0.717) is 17.1 Å². The third-order valence-corrected chi connectivity index (χ3v) is 3.00. The number of nitrogen functional groups attached to an aromatic ring is 1. The molecule has 0 radical (unpaired) electrons. The fraction of sp³-hybridized carbons (Fsp3) is 0.0909. The minimum Gasteiger partial charge on any atom is -0.398 e. The van der Waals surface area contributed by atoms with Gasteiger partial charge in [0.05, 0.1) is 0 Å². The summed E-state index contributed by atoms with van der Waals surface area (Å²) in [6.07, 6.45) is 3.32. The van der Waals surface area contributed by atoms with Crippen LogP contribution in [0.2, 0.25) is 0 Å². The van der Waals surface area contributed by atoms with Crippen LogP contribution in [0.4, 0.5) is 5.69 Å². The fourth-order valence-corrected chi connectivity index (χ4v) is 1.65. The largest absolute Gasteiger partial charge is 0.398 e. The van der Waals surface area contributed by atoms with E-state index in [2.05, 4.69) is 20.9 Å². The number of hydrogen-bond acceptors (Lipinski definition) is 3. The van der Waals surface area contributed by atoms with Crippen LogP contribution in [0.5, 0.6) is 0 Å². The molecular formula is C11H10BrN3O. The highest BCUT2D eigenvalue weighted by atomic mass is 79.9. The van der Waals surface area contributed by atoms with E-state index in [-0.39, 0.29) is 5.78 Å². The molecule has 0 spiro atoms. The monoisotopic (exact) mass is 279 g/mol. The van der Waals surface area contributed by atoms with Crippen LogP contribution in [0.1, 0.15) is 16.2 Å². The Balaban J connectivity index is 2.42. The first-order valence-corrected chi connectivity index (χ1v) is 5.46. The number of nitrogens with zero attached hydrogens (tertiary/aromatic N) is 2. The maximum Gasteiger partial charge on any atom is 0.228 e. The Hall–Kier alpha value is -1.62. The van der Waals surface area contributed by atoms with Gasteiger partial charge >= 0.3 is 0 Å². The predicted molar refractivity (Wildman–Crippen MR) is 65.2 cm³/mol. The number of nitrogens with two attached hydrogens (primary N) is 1.